The molecule has 2 rings (SSSR count). The molecule has 1 N–H and O–H groups in total. The van der Waals surface area contributed by atoms with Crippen LogP contribution in [0.15, 0.2) is 0 Å². The van der Waals surface area contributed by atoms with Gasteiger partial charge in [0.25, 0.3) is 0 Å². The molecule has 0 radical (unpaired) electrons. The highest BCUT2D eigenvalue weighted by Crippen LogP contribution is 2.19. The van der Waals surface area contributed by atoms with E-state index < -0.39 is 0 Å². The maximum absolute atomic E-state index is 11.5. The quantitative estimate of drug-likeness (QED) is 0.733. The third-order valence-corrected chi connectivity index (χ3v) is 3.00. The highest BCUT2D eigenvalue weighted by atomic mass is 16.2. The maximum atomic E-state index is 11.5. The van der Waals surface area contributed by atoms with E-state index in [1.54, 1.807) is 0 Å². The fourth-order valence-corrected chi connectivity index (χ4v) is 2.01. The monoisotopic (exact) mass is 207 g/mol. The fourth-order valence-electron chi connectivity index (χ4n) is 2.01. The zero-order valence-corrected chi connectivity index (χ0v) is 8.91. The van der Waals surface area contributed by atoms with Crippen molar-refractivity contribution >= 4 is 5.91 Å². The Morgan fingerprint density at radius 1 is 1.47 bits per heavy atom. The molecule has 1 aliphatic carbocycles. The largest absolute Gasteiger partial charge is 0.352 e. The minimum atomic E-state index is 0.118. The van der Waals surface area contributed by atoms with Gasteiger partial charge < -0.3 is 5.32 Å². The van der Waals surface area contributed by atoms with Gasteiger partial charge in [-0.15, -0.1) is 0 Å². The molecule has 0 aromatic carbocycles. The Balaban J connectivity index is 1.73. The summed E-state index contributed by atoms with van der Waals surface area (Å²) in [7, 11) is 0. The Hall–Kier alpha value is -1.08. The molecule has 1 saturated heterocycles. The molecule has 0 spiro atoms. The number of carbonyl (C=O) groups is 1. The summed E-state index contributed by atoms with van der Waals surface area (Å²) in [5.74, 6) is 0.239. The molecular weight excluding hydrogens is 190 g/mol. The van der Waals surface area contributed by atoms with Crippen molar-refractivity contribution in [2.24, 2.45) is 5.92 Å². The lowest BCUT2D eigenvalue weighted by Crippen LogP contribution is -2.42. The van der Waals surface area contributed by atoms with E-state index in [2.05, 4.69) is 16.3 Å². The van der Waals surface area contributed by atoms with E-state index >= 15 is 0 Å². The fraction of sp³-hybridized carbons (Fsp3) is 0.818. The number of nitrogens with zero attached hydrogens (tertiary/aromatic N) is 2. The maximum Gasteiger partial charge on any atom is 0.234 e. The van der Waals surface area contributed by atoms with Gasteiger partial charge in [0.05, 0.1) is 18.5 Å². The van der Waals surface area contributed by atoms with Crippen molar-refractivity contribution in [3.8, 4) is 6.07 Å². The molecule has 1 atom stereocenters. The minimum absolute atomic E-state index is 0.118. The highest BCUT2D eigenvalue weighted by Gasteiger charge is 2.25. The molecule has 0 bridgehead atoms. The third-order valence-electron chi connectivity index (χ3n) is 3.00. The van der Waals surface area contributed by atoms with Gasteiger partial charge in [-0.3, -0.25) is 9.69 Å². The van der Waals surface area contributed by atoms with Gasteiger partial charge in [-0.25, -0.2) is 0 Å². The lowest BCUT2D eigenvalue weighted by atomic mass is 10.00. The van der Waals surface area contributed by atoms with Crippen molar-refractivity contribution in [1.82, 2.24) is 10.2 Å². The second kappa shape index (κ2) is 4.63. The Morgan fingerprint density at radius 3 is 2.93 bits per heavy atom. The molecule has 1 heterocycles. The standard InChI is InChI=1S/C11H17N3O/c12-6-9-2-1-5-14(7-9)8-11(15)13-10-3-4-10/h9-10H,1-5,7-8H2,(H,13,15). The summed E-state index contributed by atoms with van der Waals surface area (Å²) >= 11 is 0. The van der Waals surface area contributed by atoms with Gasteiger partial charge in [-0.2, -0.15) is 5.26 Å². The van der Waals surface area contributed by atoms with Crippen LogP contribution in [-0.2, 0) is 4.79 Å². The van der Waals surface area contributed by atoms with Crippen molar-refractivity contribution in [3.05, 3.63) is 0 Å². The first-order valence-corrected chi connectivity index (χ1v) is 5.69. The van der Waals surface area contributed by atoms with Crippen LogP contribution in [0.5, 0.6) is 0 Å². The van der Waals surface area contributed by atoms with Crippen molar-refractivity contribution in [2.75, 3.05) is 19.6 Å². The first-order valence-electron chi connectivity index (χ1n) is 5.69. The summed E-state index contributed by atoms with van der Waals surface area (Å²) in [6.07, 6.45) is 4.28. The van der Waals surface area contributed by atoms with Crippen LogP contribution >= 0.6 is 0 Å². The molecule has 15 heavy (non-hydrogen) atoms. The smallest absolute Gasteiger partial charge is 0.234 e. The van der Waals surface area contributed by atoms with E-state index in [4.69, 9.17) is 5.26 Å². The summed E-state index contributed by atoms with van der Waals surface area (Å²) in [5.41, 5.74) is 0. The molecule has 4 heteroatoms. The number of piperidine rings is 1. The molecule has 82 valence electrons. The number of carbonyl (C=O) groups excluding carboxylic acids is 1. The minimum Gasteiger partial charge on any atom is -0.352 e. The molecule has 0 aromatic heterocycles. The number of rotatable bonds is 3. The van der Waals surface area contributed by atoms with E-state index in [0.29, 0.717) is 12.6 Å². The molecule has 1 saturated carbocycles. The van der Waals surface area contributed by atoms with Gasteiger partial charge in [-0.05, 0) is 32.2 Å². The molecule has 2 aliphatic rings. The number of amides is 1. The summed E-state index contributed by atoms with van der Waals surface area (Å²) in [4.78, 5) is 13.6. The van der Waals surface area contributed by atoms with E-state index in [-0.39, 0.29) is 11.8 Å². The van der Waals surface area contributed by atoms with Gasteiger partial charge in [0.2, 0.25) is 5.91 Å². The second-order valence-electron chi connectivity index (χ2n) is 4.55. The predicted molar refractivity (Wildman–Crippen MR) is 55.9 cm³/mol. The van der Waals surface area contributed by atoms with Gasteiger partial charge in [0, 0.05) is 12.6 Å². The molecule has 2 fully saturated rings. The van der Waals surface area contributed by atoms with E-state index in [9.17, 15) is 4.79 Å². The van der Waals surface area contributed by atoms with Crippen LogP contribution in [0.1, 0.15) is 25.7 Å². The van der Waals surface area contributed by atoms with Crippen LogP contribution in [0.2, 0.25) is 0 Å². The molecule has 0 aromatic rings. The third kappa shape index (κ3) is 3.21. The number of nitriles is 1. The Kier molecular flexibility index (Phi) is 3.22. The van der Waals surface area contributed by atoms with Crippen molar-refractivity contribution in [3.63, 3.8) is 0 Å². The first kappa shape index (κ1) is 10.4. The van der Waals surface area contributed by atoms with Gasteiger partial charge in [0.15, 0.2) is 0 Å². The second-order valence-corrected chi connectivity index (χ2v) is 4.55. The first-order chi connectivity index (χ1) is 7.28. The molecule has 1 aliphatic heterocycles. The van der Waals surface area contributed by atoms with E-state index in [1.807, 2.05) is 0 Å². The molecular formula is C11H17N3O. The zero-order valence-electron chi connectivity index (χ0n) is 8.91. The topological polar surface area (TPSA) is 56.1 Å². The number of nitrogens with one attached hydrogen (secondary N) is 1. The van der Waals surface area contributed by atoms with Crippen LogP contribution in [0.25, 0.3) is 0 Å². The summed E-state index contributed by atoms with van der Waals surface area (Å²) in [5, 5.41) is 11.8. The molecule has 4 nitrogen and oxygen atoms in total. The predicted octanol–water partition coefficient (Wildman–Crippen LogP) is 0.501. The van der Waals surface area contributed by atoms with Crippen LogP contribution in [0.4, 0.5) is 0 Å². The van der Waals surface area contributed by atoms with Gasteiger partial charge in [0.1, 0.15) is 0 Å². The normalized spacial score (nSPS) is 27.0. The average molecular weight is 207 g/mol. The lowest BCUT2D eigenvalue weighted by Gasteiger charge is -2.28. The number of hydrogen-bond acceptors (Lipinski definition) is 3. The summed E-state index contributed by atoms with van der Waals surface area (Å²) < 4.78 is 0. The van der Waals surface area contributed by atoms with Crippen LogP contribution < -0.4 is 5.32 Å². The van der Waals surface area contributed by atoms with Crippen molar-refractivity contribution in [1.29, 1.82) is 5.26 Å². The number of hydrogen-bond donors (Lipinski definition) is 1. The number of likely N-dealkylation sites (tertiary alicyclic amines) is 1. The van der Waals surface area contributed by atoms with Crippen molar-refractivity contribution in [2.45, 2.75) is 31.7 Å². The van der Waals surface area contributed by atoms with Crippen LogP contribution in [0.3, 0.4) is 0 Å². The Labute approximate surface area is 90.2 Å². The van der Waals surface area contributed by atoms with Crippen LogP contribution in [-0.4, -0.2) is 36.5 Å². The average Bonchev–Trinajstić information content (AvgIpc) is 3.02. The van der Waals surface area contributed by atoms with Gasteiger partial charge in [-0.1, -0.05) is 0 Å². The summed E-state index contributed by atoms with van der Waals surface area (Å²) in [6, 6.07) is 2.73. The summed E-state index contributed by atoms with van der Waals surface area (Å²) in [6.45, 7) is 2.18. The van der Waals surface area contributed by atoms with E-state index in [1.165, 1.54) is 0 Å². The zero-order chi connectivity index (χ0) is 10.7. The lowest BCUT2D eigenvalue weighted by molar-refractivity contribution is -0.122. The Morgan fingerprint density at radius 2 is 2.27 bits per heavy atom. The molecule has 1 amide bonds. The van der Waals surface area contributed by atoms with Gasteiger partial charge >= 0.3 is 0 Å². The van der Waals surface area contributed by atoms with Crippen molar-refractivity contribution < 1.29 is 4.79 Å². The van der Waals surface area contributed by atoms with E-state index in [0.717, 1.165) is 38.8 Å². The highest BCUT2D eigenvalue weighted by molar-refractivity contribution is 5.78. The molecule has 1 unspecified atom stereocenters. The Bertz CT molecular complexity index is 280. The SMILES string of the molecule is N#CC1CCCN(CC(=O)NC2CC2)C1. The van der Waals surface area contributed by atoms with Crippen LogP contribution in [0, 0.1) is 17.2 Å².